The van der Waals surface area contributed by atoms with E-state index in [1.54, 1.807) is 37.2 Å². The van der Waals surface area contributed by atoms with Gasteiger partial charge < -0.3 is 9.64 Å². The normalized spacial score (nSPS) is 10.3. The Labute approximate surface area is 148 Å². The number of halogens is 2. The average molecular weight is 369 g/mol. The molecule has 6 nitrogen and oxygen atoms in total. The zero-order valence-electron chi connectivity index (χ0n) is 13.0. The van der Waals surface area contributed by atoms with Crippen molar-refractivity contribution in [1.29, 1.82) is 0 Å². The van der Waals surface area contributed by atoms with Gasteiger partial charge in [0.25, 0.3) is 5.69 Å². The Hall–Kier alpha value is -2.31. The summed E-state index contributed by atoms with van der Waals surface area (Å²) < 4.78 is 5.17. The number of ether oxygens (including phenoxy) is 1. The zero-order valence-corrected chi connectivity index (χ0v) is 14.5. The number of esters is 1. The van der Waals surface area contributed by atoms with Crippen LogP contribution in [0.3, 0.4) is 0 Å². The molecule has 0 radical (unpaired) electrons. The number of anilines is 1. The van der Waals surface area contributed by atoms with Crippen LogP contribution in [0.1, 0.15) is 15.9 Å². The van der Waals surface area contributed by atoms with E-state index in [0.29, 0.717) is 21.3 Å². The lowest BCUT2D eigenvalue weighted by Crippen LogP contribution is -2.12. The third-order valence-electron chi connectivity index (χ3n) is 3.26. The highest BCUT2D eigenvalue weighted by Crippen LogP contribution is 2.28. The third-order valence-corrected chi connectivity index (χ3v) is 3.85. The quantitative estimate of drug-likeness (QED) is 0.446. The van der Waals surface area contributed by atoms with Gasteiger partial charge in [-0.15, -0.1) is 0 Å². The van der Waals surface area contributed by atoms with E-state index in [-0.39, 0.29) is 17.9 Å². The SMILES string of the molecule is CN(C)c1ccc(C(=O)OCc2ccc(Cl)cc2Cl)cc1[N+](=O)[O-]. The van der Waals surface area contributed by atoms with E-state index in [1.807, 2.05) is 0 Å². The molecule has 0 saturated heterocycles. The van der Waals surface area contributed by atoms with E-state index in [2.05, 4.69) is 0 Å². The summed E-state index contributed by atoms with van der Waals surface area (Å²) in [7, 11) is 3.37. The highest BCUT2D eigenvalue weighted by molar-refractivity contribution is 6.35. The van der Waals surface area contributed by atoms with E-state index in [9.17, 15) is 14.9 Å². The Kier molecular flexibility index (Phi) is 5.64. The molecule has 0 spiro atoms. The Morgan fingerprint density at radius 2 is 1.92 bits per heavy atom. The van der Waals surface area contributed by atoms with Gasteiger partial charge in [-0.1, -0.05) is 29.3 Å². The molecule has 0 atom stereocenters. The topological polar surface area (TPSA) is 72.7 Å². The van der Waals surface area contributed by atoms with Gasteiger partial charge in [-0.2, -0.15) is 0 Å². The Morgan fingerprint density at radius 3 is 2.50 bits per heavy atom. The second-order valence-electron chi connectivity index (χ2n) is 5.17. The predicted molar refractivity (Wildman–Crippen MR) is 93.0 cm³/mol. The van der Waals surface area contributed by atoms with Gasteiger partial charge in [0.2, 0.25) is 0 Å². The van der Waals surface area contributed by atoms with Crippen molar-refractivity contribution in [3.63, 3.8) is 0 Å². The fraction of sp³-hybridized carbons (Fsp3) is 0.188. The first-order valence-electron chi connectivity index (χ1n) is 6.86. The second kappa shape index (κ2) is 7.51. The first-order valence-corrected chi connectivity index (χ1v) is 7.62. The van der Waals surface area contributed by atoms with E-state index in [0.717, 1.165) is 0 Å². The molecule has 0 aliphatic heterocycles. The van der Waals surface area contributed by atoms with Gasteiger partial charge in [-0.05, 0) is 24.3 Å². The lowest BCUT2D eigenvalue weighted by atomic mass is 10.1. The van der Waals surface area contributed by atoms with Crippen LogP contribution in [0.25, 0.3) is 0 Å². The summed E-state index contributed by atoms with van der Waals surface area (Å²) in [5, 5.41) is 12.0. The van der Waals surface area contributed by atoms with Gasteiger partial charge in [0.1, 0.15) is 12.3 Å². The minimum Gasteiger partial charge on any atom is -0.457 e. The number of carbonyl (C=O) groups excluding carboxylic acids is 1. The zero-order chi connectivity index (χ0) is 17.9. The maximum absolute atomic E-state index is 12.1. The molecule has 24 heavy (non-hydrogen) atoms. The van der Waals surface area contributed by atoms with Gasteiger partial charge in [0, 0.05) is 35.8 Å². The van der Waals surface area contributed by atoms with Crippen LogP contribution in [0.5, 0.6) is 0 Å². The van der Waals surface area contributed by atoms with Gasteiger partial charge in [-0.25, -0.2) is 4.79 Å². The van der Waals surface area contributed by atoms with Crippen molar-refractivity contribution >= 4 is 40.5 Å². The molecule has 0 unspecified atom stereocenters. The number of benzene rings is 2. The predicted octanol–water partition coefficient (Wildman–Crippen LogP) is 4.32. The molecule has 0 amide bonds. The van der Waals surface area contributed by atoms with Gasteiger partial charge in [0.15, 0.2) is 0 Å². The molecular weight excluding hydrogens is 355 g/mol. The number of nitro groups is 1. The Balaban J connectivity index is 2.18. The van der Waals surface area contributed by atoms with E-state index >= 15 is 0 Å². The summed E-state index contributed by atoms with van der Waals surface area (Å²) in [5.74, 6) is -0.672. The van der Waals surface area contributed by atoms with Gasteiger partial charge >= 0.3 is 5.97 Å². The van der Waals surface area contributed by atoms with Crippen LogP contribution in [-0.2, 0) is 11.3 Å². The summed E-state index contributed by atoms with van der Waals surface area (Å²) in [6.07, 6.45) is 0. The number of hydrogen-bond acceptors (Lipinski definition) is 5. The molecule has 0 bridgehead atoms. The van der Waals surface area contributed by atoms with Gasteiger partial charge in [-0.3, -0.25) is 10.1 Å². The number of nitrogens with zero attached hydrogens (tertiary/aromatic N) is 2. The van der Waals surface area contributed by atoms with Crippen LogP contribution in [0.4, 0.5) is 11.4 Å². The Bertz CT molecular complexity index is 794. The average Bonchev–Trinajstić information content (AvgIpc) is 2.53. The highest BCUT2D eigenvalue weighted by Gasteiger charge is 2.19. The largest absolute Gasteiger partial charge is 0.457 e. The van der Waals surface area contributed by atoms with Crippen LogP contribution in [0, 0.1) is 10.1 Å². The molecule has 0 fully saturated rings. The van der Waals surface area contributed by atoms with Crippen molar-refractivity contribution in [3.05, 3.63) is 67.7 Å². The molecule has 8 heteroatoms. The molecule has 0 aliphatic rings. The van der Waals surface area contributed by atoms with E-state index in [1.165, 1.54) is 18.2 Å². The number of rotatable bonds is 5. The maximum Gasteiger partial charge on any atom is 0.338 e. The molecule has 0 heterocycles. The third kappa shape index (κ3) is 4.15. The molecule has 2 rings (SSSR count). The molecule has 0 aliphatic carbocycles. The molecule has 0 saturated carbocycles. The van der Waals surface area contributed by atoms with Crippen molar-refractivity contribution < 1.29 is 14.5 Å². The highest BCUT2D eigenvalue weighted by atomic mass is 35.5. The summed E-state index contributed by atoms with van der Waals surface area (Å²) >= 11 is 11.8. The fourth-order valence-corrected chi connectivity index (χ4v) is 2.50. The molecule has 0 aromatic heterocycles. The summed E-state index contributed by atoms with van der Waals surface area (Å²) in [4.78, 5) is 24.3. The molecule has 2 aromatic rings. The second-order valence-corrected chi connectivity index (χ2v) is 6.01. The van der Waals surface area contributed by atoms with Crippen molar-refractivity contribution in [2.45, 2.75) is 6.61 Å². The summed E-state index contributed by atoms with van der Waals surface area (Å²) in [6, 6.07) is 9.01. The molecule has 126 valence electrons. The van der Waals surface area contributed by atoms with Crippen LogP contribution < -0.4 is 4.90 Å². The molecule has 2 aromatic carbocycles. The molecular formula is C16H14Cl2N2O4. The van der Waals surface area contributed by atoms with Crippen molar-refractivity contribution in [2.75, 3.05) is 19.0 Å². The van der Waals surface area contributed by atoms with Crippen LogP contribution in [0.2, 0.25) is 10.0 Å². The lowest BCUT2D eigenvalue weighted by Gasteiger charge is -2.13. The fourth-order valence-electron chi connectivity index (χ4n) is 2.04. The van der Waals surface area contributed by atoms with E-state index < -0.39 is 10.9 Å². The monoisotopic (exact) mass is 368 g/mol. The van der Waals surface area contributed by atoms with Crippen LogP contribution in [-0.4, -0.2) is 25.0 Å². The minimum atomic E-state index is -0.672. The smallest absolute Gasteiger partial charge is 0.338 e. The first-order chi connectivity index (χ1) is 11.3. The van der Waals surface area contributed by atoms with E-state index in [4.69, 9.17) is 27.9 Å². The number of carbonyl (C=O) groups is 1. The standard InChI is InChI=1S/C16H14Cl2N2O4/c1-19(2)14-6-4-10(7-15(14)20(22)23)16(21)24-9-11-3-5-12(17)8-13(11)18/h3-8H,9H2,1-2H3. The number of hydrogen-bond donors (Lipinski definition) is 0. The lowest BCUT2D eigenvalue weighted by molar-refractivity contribution is -0.384. The molecule has 0 N–H and O–H groups in total. The van der Waals surface area contributed by atoms with Crippen LogP contribution in [0.15, 0.2) is 36.4 Å². The van der Waals surface area contributed by atoms with Crippen molar-refractivity contribution in [1.82, 2.24) is 0 Å². The van der Waals surface area contributed by atoms with Crippen molar-refractivity contribution in [3.8, 4) is 0 Å². The van der Waals surface area contributed by atoms with Gasteiger partial charge in [0.05, 0.1) is 10.5 Å². The summed E-state index contributed by atoms with van der Waals surface area (Å²) in [6.45, 7) is -0.0575. The first kappa shape index (κ1) is 18.0. The Morgan fingerprint density at radius 1 is 1.21 bits per heavy atom. The van der Waals surface area contributed by atoms with Crippen LogP contribution >= 0.6 is 23.2 Å². The van der Waals surface area contributed by atoms with Crippen molar-refractivity contribution in [2.24, 2.45) is 0 Å². The summed E-state index contributed by atoms with van der Waals surface area (Å²) in [5.41, 5.74) is 0.919. The minimum absolute atomic E-state index is 0.0575. The number of nitro benzene ring substituents is 1. The maximum atomic E-state index is 12.1.